The number of piperazine rings is 1. The van der Waals surface area contributed by atoms with E-state index in [2.05, 4.69) is 20.3 Å². The zero-order valence-corrected chi connectivity index (χ0v) is 23.0. The molecule has 11 nitrogen and oxygen atoms in total. The van der Waals surface area contributed by atoms with Crippen LogP contribution < -0.4 is 10.2 Å². The van der Waals surface area contributed by atoms with Gasteiger partial charge in [0.25, 0.3) is 5.69 Å². The van der Waals surface area contributed by atoms with Crippen LogP contribution in [0, 0.1) is 21.7 Å². The topological polar surface area (TPSA) is 130 Å². The third-order valence-corrected chi connectivity index (χ3v) is 7.19. The number of rotatable bonds is 10. The number of nitro benzene ring substituents is 1. The number of nitrogens with one attached hydrogen (secondary N) is 1. The lowest BCUT2D eigenvalue weighted by molar-refractivity contribution is -0.384. The molecule has 13 heteroatoms. The number of benzene rings is 3. The predicted octanol–water partition coefficient (Wildman–Crippen LogP) is 3.83. The van der Waals surface area contributed by atoms with Crippen molar-refractivity contribution in [3.8, 4) is 0 Å². The average molecular weight is 590 g/mol. The van der Waals surface area contributed by atoms with E-state index in [9.17, 15) is 28.8 Å². The average Bonchev–Trinajstić information content (AvgIpc) is 3.49. The molecule has 1 amide bonds. The maximum atomic E-state index is 14.8. The van der Waals surface area contributed by atoms with E-state index in [1.165, 1.54) is 47.7 Å². The Morgan fingerprint density at radius 1 is 1.05 bits per heavy atom. The van der Waals surface area contributed by atoms with Gasteiger partial charge in [0.15, 0.2) is 0 Å². The summed E-state index contributed by atoms with van der Waals surface area (Å²) in [5.74, 6) is -1.92. The van der Waals surface area contributed by atoms with Gasteiger partial charge >= 0.3 is 0 Å². The van der Waals surface area contributed by atoms with E-state index in [1.807, 2.05) is 17.0 Å². The summed E-state index contributed by atoms with van der Waals surface area (Å²) in [5, 5.41) is 29.4. The molecular formula is C30H29F2N7O4. The fraction of sp³-hybridized carbons (Fsp3) is 0.233. The highest BCUT2D eigenvalue weighted by Gasteiger charge is 2.36. The first-order valence-electron chi connectivity index (χ1n) is 13.5. The Morgan fingerprint density at radius 3 is 2.49 bits per heavy atom. The summed E-state index contributed by atoms with van der Waals surface area (Å²) in [5.41, 5.74) is 0.353. The Balaban J connectivity index is 1.17. The molecule has 5 rings (SSSR count). The quantitative estimate of drug-likeness (QED) is 0.162. The van der Waals surface area contributed by atoms with Crippen molar-refractivity contribution >= 4 is 29.0 Å². The molecule has 222 valence electrons. The first-order valence-corrected chi connectivity index (χ1v) is 13.5. The SMILES string of the molecule is O=C(/C=C/c1cccc([N+](=O)[O-])c1)Nc1ccc(N2CCN(CC(O)(Cn3cncn3)c3ccc(F)cc3F)CC2)cc1. The summed E-state index contributed by atoms with van der Waals surface area (Å²) in [6.07, 6.45) is 5.58. The fourth-order valence-electron chi connectivity index (χ4n) is 5.06. The van der Waals surface area contributed by atoms with Crippen LogP contribution in [-0.2, 0) is 16.9 Å². The summed E-state index contributed by atoms with van der Waals surface area (Å²) >= 11 is 0. The lowest BCUT2D eigenvalue weighted by Crippen LogP contribution is -2.52. The van der Waals surface area contributed by atoms with Crippen molar-refractivity contribution in [2.45, 2.75) is 12.1 Å². The number of halogens is 2. The van der Waals surface area contributed by atoms with Crippen molar-refractivity contribution in [3.63, 3.8) is 0 Å². The number of non-ortho nitro benzene ring substituents is 1. The van der Waals surface area contributed by atoms with Gasteiger partial charge in [-0.05, 0) is 42.0 Å². The number of anilines is 2. The van der Waals surface area contributed by atoms with Crippen molar-refractivity contribution in [3.05, 3.63) is 118 Å². The number of carbonyl (C=O) groups is 1. The molecular weight excluding hydrogens is 560 g/mol. The second-order valence-electron chi connectivity index (χ2n) is 10.2. The number of β-amino-alcohol motifs (C(OH)–C–C–N with tert-alkyl or cyclic N) is 1. The summed E-state index contributed by atoms with van der Waals surface area (Å²) in [7, 11) is 0. The molecule has 3 aromatic carbocycles. The van der Waals surface area contributed by atoms with Crippen molar-refractivity contribution in [1.29, 1.82) is 0 Å². The Hall–Kier alpha value is -5.01. The summed E-state index contributed by atoms with van der Waals surface area (Å²) < 4.78 is 29.8. The Morgan fingerprint density at radius 2 is 1.81 bits per heavy atom. The number of nitro groups is 1. The van der Waals surface area contributed by atoms with Crippen LogP contribution in [0.4, 0.5) is 25.8 Å². The molecule has 1 unspecified atom stereocenters. The molecule has 1 fully saturated rings. The Bertz CT molecular complexity index is 1610. The van der Waals surface area contributed by atoms with Crippen LogP contribution in [0.1, 0.15) is 11.1 Å². The molecule has 2 heterocycles. The van der Waals surface area contributed by atoms with Crippen molar-refractivity contribution < 1.29 is 23.6 Å². The Labute approximate surface area is 245 Å². The van der Waals surface area contributed by atoms with E-state index in [1.54, 1.807) is 24.3 Å². The minimum absolute atomic E-state index is 0.00982. The number of hydrogen-bond donors (Lipinski definition) is 2. The van der Waals surface area contributed by atoms with Crippen LogP contribution in [0.2, 0.25) is 0 Å². The number of hydrogen-bond acceptors (Lipinski definition) is 8. The predicted molar refractivity (Wildman–Crippen MR) is 156 cm³/mol. The second kappa shape index (κ2) is 12.9. The Kier molecular flexibility index (Phi) is 8.83. The molecule has 4 aromatic rings. The summed E-state index contributed by atoms with van der Waals surface area (Å²) in [6.45, 7) is 2.51. The third-order valence-electron chi connectivity index (χ3n) is 7.19. The van der Waals surface area contributed by atoms with Gasteiger partial charge in [0.05, 0.1) is 11.5 Å². The first-order chi connectivity index (χ1) is 20.7. The van der Waals surface area contributed by atoms with Gasteiger partial charge in [-0.3, -0.25) is 19.8 Å². The van der Waals surface area contributed by atoms with Crippen LogP contribution >= 0.6 is 0 Å². The van der Waals surface area contributed by atoms with Crippen LogP contribution in [-0.4, -0.2) is 68.3 Å². The molecule has 1 saturated heterocycles. The van der Waals surface area contributed by atoms with Crippen LogP contribution in [0.3, 0.4) is 0 Å². The molecule has 43 heavy (non-hydrogen) atoms. The molecule has 0 saturated carbocycles. The van der Waals surface area contributed by atoms with Gasteiger partial charge in [-0.25, -0.2) is 18.4 Å². The van der Waals surface area contributed by atoms with E-state index in [0.29, 0.717) is 37.4 Å². The second-order valence-corrected chi connectivity index (χ2v) is 10.2. The molecule has 1 aliphatic rings. The highest BCUT2D eigenvalue weighted by Crippen LogP contribution is 2.29. The molecule has 0 radical (unpaired) electrons. The lowest BCUT2D eigenvalue weighted by atomic mass is 9.92. The van der Waals surface area contributed by atoms with E-state index >= 15 is 0 Å². The molecule has 0 aliphatic carbocycles. The van der Waals surface area contributed by atoms with Crippen molar-refractivity contribution in [2.24, 2.45) is 0 Å². The van der Waals surface area contributed by atoms with Crippen molar-refractivity contribution in [2.75, 3.05) is 42.9 Å². The summed E-state index contributed by atoms with van der Waals surface area (Å²) in [6, 6.07) is 16.5. The molecule has 1 aromatic heterocycles. The number of nitrogens with zero attached hydrogens (tertiary/aromatic N) is 6. The van der Waals surface area contributed by atoms with E-state index < -0.39 is 22.2 Å². The van der Waals surface area contributed by atoms with Crippen LogP contribution in [0.5, 0.6) is 0 Å². The van der Waals surface area contributed by atoms with E-state index in [0.717, 1.165) is 17.8 Å². The van der Waals surface area contributed by atoms with Gasteiger partial charge in [0, 0.05) is 73.9 Å². The van der Waals surface area contributed by atoms with Gasteiger partial charge in [0.1, 0.15) is 29.9 Å². The highest BCUT2D eigenvalue weighted by molar-refractivity contribution is 6.02. The smallest absolute Gasteiger partial charge is 0.270 e. The number of aliphatic hydroxyl groups is 1. The van der Waals surface area contributed by atoms with Crippen LogP contribution in [0.15, 0.2) is 85.5 Å². The normalized spacial score (nSPS) is 15.4. The van der Waals surface area contributed by atoms with Crippen LogP contribution in [0.25, 0.3) is 6.08 Å². The van der Waals surface area contributed by atoms with Crippen molar-refractivity contribution in [1.82, 2.24) is 19.7 Å². The summed E-state index contributed by atoms with van der Waals surface area (Å²) in [4.78, 5) is 30.9. The first kappa shape index (κ1) is 29.5. The minimum Gasteiger partial charge on any atom is -0.382 e. The molecule has 2 N–H and O–H groups in total. The van der Waals surface area contributed by atoms with E-state index in [4.69, 9.17) is 0 Å². The highest BCUT2D eigenvalue weighted by atomic mass is 19.1. The fourth-order valence-corrected chi connectivity index (χ4v) is 5.06. The van der Waals surface area contributed by atoms with Gasteiger partial charge in [-0.15, -0.1) is 0 Å². The monoisotopic (exact) mass is 589 g/mol. The number of carbonyl (C=O) groups excluding carboxylic acids is 1. The van der Waals surface area contributed by atoms with E-state index in [-0.39, 0.29) is 30.2 Å². The minimum atomic E-state index is -1.67. The standard InChI is InChI=1S/C30H29F2N7O4/c31-23-5-10-27(28(32)17-23)30(41,19-38-21-33-20-34-38)18-36-12-14-37(15-13-36)25-8-6-24(7-9-25)35-29(40)11-4-22-2-1-3-26(16-22)39(42)43/h1-11,16-17,20-21,41H,12-15,18-19H2,(H,35,40)/b11-4+. The third kappa shape index (κ3) is 7.45. The molecule has 1 atom stereocenters. The molecule has 0 spiro atoms. The number of aromatic nitrogens is 3. The zero-order chi connectivity index (χ0) is 30.4. The maximum Gasteiger partial charge on any atom is 0.270 e. The van der Waals surface area contributed by atoms with Gasteiger partial charge < -0.3 is 15.3 Å². The number of amides is 1. The molecule has 0 bridgehead atoms. The van der Waals surface area contributed by atoms with Gasteiger partial charge in [-0.2, -0.15) is 5.10 Å². The zero-order valence-electron chi connectivity index (χ0n) is 23.0. The maximum absolute atomic E-state index is 14.8. The van der Waals surface area contributed by atoms with Gasteiger partial charge in [0.2, 0.25) is 5.91 Å². The van der Waals surface area contributed by atoms with Gasteiger partial charge in [-0.1, -0.05) is 18.2 Å². The largest absolute Gasteiger partial charge is 0.382 e. The lowest BCUT2D eigenvalue weighted by Gasteiger charge is -2.40. The molecule has 1 aliphatic heterocycles.